The average molecular weight is 720 g/mol. The van der Waals surface area contributed by atoms with Crippen molar-refractivity contribution in [1.29, 1.82) is 0 Å². The molecule has 0 atom stereocenters. The molecule has 0 amide bonds. The van der Waals surface area contributed by atoms with Crippen LogP contribution in [0.2, 0.25) is 0 Å². The van der Waals surface area contributed by atoms with Gasteiger partial charge in [-0.2, -0.15) is 0 Å². The number of furan rings is 1. The Morgan fingerprint density at radius 2 is 0.836 bits per heavy atom. The molecule has 0 bridgehead atoms. The van der Waals surface area contributed by atoms with Gasteiger partial charge in [-0.25, -0.2) is 0 Å². The lowest BCUT2D eigenvalue weighted by Gasteiger charge is -2.35. The van der Waals surface area contributed by atoms with Gasteiger partial charge in [-0.1, -0.05) is 182 Å². The van der Waals surface area contributed by atoms with Gasteiger partial charge in [0.2, 0.25) is 0 Å². The van der Waals surface area contributed by atoms with Crippen LogP contribution in [0.5, 0.6) is 0 Å². The van der Waals surface area contributed by atoms with E-state index in [9.17, 15) is 0 Å². The fraction of sp³-hybridized carbons (Fsp3) is 0. The molecule has 0 spiro atoms. The summed E-state index contributed by atoms with van der Waals surface area (Å²) in [5.41, 5.74) is 7.40. The van der Waals surface area contributed by atoms with Crippen molar-refractivity contribution in [1.82, 2.24) is 0 Å². The van der Waals surface area contributed by atoms with Gasteiger partial charge in [0.25, 0.3) is 0 Å². The fourth-order valence-corrected chi connectivity index (χ4v) is 13.3. The minimum Gasteiger partial charge on any atom is -0.455 e. The van der Waals surface area contributed by atoms with Gasteiger partial charge < -0.3 is 9.32 Å². The van der Waals surface area contributed by atoms with E-state index in [2.05, 4.69) is 229 Å². The zero-order valence-electron chi connectivity index (χ0n) is 30.2. The van der Waals surface area contributed by atoms with Crippen LogP contribution in [0.1, 0.15) is 0 Å². The zero-order valence-corrected chi connectivity index (χ0v) is 31.2. The maximum Gasteiger partial charge on any atom is 0.179 e. The summed E-state index contributed by atoms with van der Waals surface area (Å²) in [6, 6.07) is 81.5. The van der Waals surface area contributed by atoms with Crippen molar-refractivity contribution in [2.24, 2.45) is 0 Å². The van der Waals surface area contributed by atoms with Crippen LogP contribution in [0.15, 0.2) is 229 Å². The Kier molecular flexibility index (Phi) is 8.20. The molecule has 0 saturated carbocycles. The SMILES string of the molecule is c1ccc(-c2ccc(N(c3ccc([Si](c4ccccc4)(c4ccccc4)c4ccccc4)cc3)c3cccc4oc5c6ccccc6ccc5c34)cc2)cc1. The number of anilines is 3. The molecule has 0 N–H and O–H groups in total. The highest BCUT2D eigenvalue weighted by Crippen LogP contribution is 2.44. The van der Waals surface area contributed by atoms with Crippen molar-refractivity contribution in [3.8, 4) is 11.1 Å². The third kappa shape index (κ3) is 5.56. The molecule has 55 heavy (non-hydrogen) atoms. The van der Waals surface area contributed by atoms with Crippen molar-refractivity contribution < 1.29 is 4.42 Å². The number of rotatable bonds is 8. The van der Waals surface area contributed by atoms with Crippen LogP contribution >= 0.6 is 0 Å². The summed E-state index contributed by atoms with van der Waals surface area (Å²) in [6.45, 7) is 0. The van der Waals surface area contributed by atoms with Gasteiger partial charge in [0.15, 0.2) is 8.07 Å². The first-order valence-corrected chi connectivity index (χ1v) is 20.8. The van der Waals surface area contributed by atoms with Crippen LogP contribution in [0.3, 0.4) is 0 Å². The van der Waals surface area contributed by atoms with Gasteiger partial charge in [-0.15, -0.1) is 0 Å². The monoisotopic (exact) mass is 719 g/mol. The van der Waals surface area contributed by atoms with Crippen LogP contribution in [0.25, 0.3) is 43.8 Å². The van der Waals surface area contributed by atoms with Gasteiger partial charge in [0.05, 0.1) is 11.1 Å². The first kappa shape index (κ1) is 32.7. The van der Waals surface area contributed by atoms with Gasteiger partial charge in [0, 0.05) is 22.1 Å². The summed E-state index contributed by atoms with van der Waals surface area (Å²) in [7, 11) is -2.69. The van der Waals surface area contributed by atoms with Gasteiger partial charge >= 0.3 is 0 Å². The molecule has 1 aromatic heterocycles. The molecule has 10 aromatic rings. The second kappa shape index (κ2) is 13.8. The summed E-state index contributed by atoms with van der Waals surface area (Å²) in [4.78, 5) is 2.39. The molecule has 1 heterocycles. The number of fused-ring (bicyclic) bond motifs is 5. The molecule has 0 radical (unpaired) electrons. The molecule has 0 unspecified atom stereocenters. The predicted molar refractivity (Wildman–Crippen MR) is 235 cm³/mol. The van der Waals surface area contributed by atoms with Crippen molar-refractivity contribution in [2.75, 3.05) is 4.90 Å². The summed E-state index contributed by atoms with van der Waals surface area (Å²) in [5, 5.41) is 9.90. The molecule has 0 fully saturated rings. The lowest BCUT2D eigenvalue weighted by atomic mass is 10.0. The van der Waals surface area contributed by atoms with Crippen molar-refractivity contribution in [3.05, 3.63) is 224 Å². The first-order valence-electron chi connectivity index (χ1n) is 18.8. The maximum atomic E-state index is 6.69. The van der Waals surface area contributed by atoms with Crippen molar-refractivity contribution in [3.63, 3.8) is 0 Å². The quantitative estimate of drug-likeness (QED) is 0.115. The lowest BCUT2D eigenvalue weighted by Crippen LogP contribution is -2.74. The smallest absolute Gasteiger partial charge is 0.179 e. The maximum absolute atomic E-state index is 6.69. The molecular weight excluding hydrogens is 683 g/mol. The van der Waals surface area contributed by atoms with E-state index >= 15 is 0 Å². The van der Waals surface area contributed by atoms with Crippen molar-refractivity contribution in [2.45, 2.75) is 0 Å². The molecule has 260 valence electrons. The number of nitrogens with zero attached hydrogens (tertiary/aromatic N) is 1. The van der Waals surface area contributed by atoms with Crippen LogP contribution in [-0.2, 0) is 0 Å². The van der Waals surface area contributed by atoms with Gasteiger partial charge in [0.1, 0.15) is 11.2 Å². The minimum absolute atomic E-state index is 0.870. The normalized spacial score (nSPS) is 11.6. The molecule has 2 nitrogen and oxygen atoms in total. The van der Waals surface area contributed by atoms with E-state index in [0.29, 0.717) is 0 Å². The molecule has 10 rings (SSSR count). The minimum atomic E-state index is -2.69. The highest BCUT2D eigenvalue weighted by molar-refractivity contribution is 7.19. The molecule has 0 saturated heterocycles. The standard InChI is InChI=1S/C52H37NOSi/c1-5-16-38(17-6-1)39-28-31-41(32-29-39)53(49-26-15-27-50-51(49)48-37-30-40-18-13-14-25-47(40)52(48)54-50)42-33-35-46(36-34-42)55(43-19-7-2-8-20-43,44-21-9-3-10-22-44)45-23-11-4-12-24-45/h1-37H. The Balaban J connectivity index is 1.19. The summed E-state index contributed by atoms with van der Waals surface area (Å²) < 4.78 is 6.69. The Labute approximate surface area is 322 Å². The Morgan fingerprint density at radius 1 is 0.345 bits per heavy atom. The summed E-state index contributed by atoms with van der Waals surface area (Å²) in [5.74, 6) is 0. The van der Waals surface area contributed by atoms with E-state index in [1.165, 1.54) is 37.3 Å². The van der Waals surface area contributed by atoms with Crippen LogP contribution in [-0.4, -0.2) is 8.07 Å². The Hall–Kier alpha value is -6.94. The van der Waals surface area contributed by atoms with E-state index in [-0.39, 0.29) is 0 Å². The molecule has 3 heteroatoms. The van der Waals surface area contributed by atoms with Gasteiger partial charge in [-0.05, 0) is 79.7 Å². The number of hydrogen-bond donors (Lipinski definition) is 0. The average Bonchev–Trinajstić information content (AvgIpc) is 3.67. The summed E-state index contributed by atoms with van der Waals surface area (Å²) >= 11 is 0. The second-order valence-corrected chi connectivity index (χ2v) is 17.9. The summed E-state index contributed by atoms with van der Waals surface area (Å²) in [6.07, 6.45) is 0. The Bertz CT molecular complexity index is 2790. The molecule has 9 aromatic carbocycles. The predicted octanol–water partition coefficient (Wildman–Crippen LogP) is 11.3. The molecule has 0 aliphatic heterocycles. The van der Waals surface area contributed by atoms with Crippen LogP contribution in [0, 0.1) is 0 Å². The highest BCUT2D eigenvalue weighted by Gasteiger charge is 2.41. The van der Waals surface area contributed by atoms with E-state index in [1.54, 1.807) is 0 Å². The largest absolute Gasteiger partial charge is 0.455 e. The Morgan fingerprint density at radius 3 is 1.44 bits per heavy atom. The van der Waals surface area contributed by atoms with E-state index in [4.69, 9.17) is 4.42 Å². The first-order chi connectivity index (χ1) is 27.3. The number of hydrogen-bond acceptors (Lipinski definition) is 2. The van der Waals surface area contributed by atoms with Gasteiger partial charge in [-0.3, -0.25) is 0 Å². The number of benzene rings is 9. The van der Waals surface area contributed by atoms with Crippen LogP contribution in [0.4, 0.5) is 17.1 Å². The molecule has 0 aliphatic rings. The van der Waals surface area contributed by atoms with Crippen LogP contribution < -0.4 is 25.6 Å². The topological polar surface area (TPSA) is 16.4 Å². The zero-order chi connectivity index (χ0) is 36.6. The molecular formula is C52H37NOSi. The van der Waals surface area contributed by atoms with E-state index in [0.717, 1.165) is 44.4 Å². The van der Waals surface area contributed by atoms with E-state index < -0.39 is 8.07 Å². The molecule has 0 aliphatic carbocycles. The van der Waals surface area contributed by atoms with Crippen molar-refractivity contribution >= 4 is 78.6 Å². The lowest BCUT2D eigenvalue weighted by molar-refractivity contribution is 0.672. The van der Waals surface area contributed by atoms with E-state index in [1.807, 2.05) is 0 Å². The third-order valence-electron chi connectivity index (χ3n) is 11.0. The fourth-order valence-electron chi connectivity index (χ4n) is 8.51. The third-order valence-corrected chi connectivity index (χ3v) is 15.8. The highest BCUT2D eigenvalue weighted by atomic mass is 28.3. The second-order valence-electron chi connectivity index (χ2n) is 14.1.